The molecule has 3 aromatic heterocycles. The number of hydrogen-bond donors (Lipinski definition) is 2. The van der Waals surface area contributed by atoms with Crippen molar-refractivity contribution in [2.24, 2.45) is 0 Å². The van der Waals surface area contributed by atoms with Crippen LogP contribution in [0.3, 0.4) is 0 Å². The van der Waals surface area contributed by atoms with Crippen LogP contribution < -0.4 is 0 Å². The quantitative estimate of drug-likeness (QED) is 0.720. The molecule has 0 aromatic carbocycles. The topological polar surface area (TPSA) is 91.1 Å². The fourth-order valence-corrected chi connectivity index (χ4v) is 3.95. The lowest BCUT2D eigenvalue weighted by Crippen LogP contribution is -2.34. The normalized spacial score (nSPS) is 18.1. The standard InChI is InChI=1S/C20H25N5O2/c1-13-19(14(2)27-24-13)20-16(12-26)5-6-18(22-20)15-4-3-9-25(10-15)11-17-7-8-21-23-17/h5-8,15,26H,3-4,9-12H2,1-2H3,(H,21,23). The highest BCUT2D eigenvalue weighted by molar-refractivity contribution is 5.67. The molecule has 1 fully saturated rings. The third-order valence-corrected chi connectivity index (χ3v) is 5.32. The van der Waals surface area contributed by atoms with E-state index in [1.165, 1.54) is 0 Å². The highest BCUT2D eigenvalue weighted by Crippen LogP contribution is 2.32. The van der Waals surface area contributed by atoms with Crippen LogP contribution >= 0.6 is 0 Å². The summed E-state index contributed by atoms with van der Waals surface area (Å²) in [5.74, 6) is 1.10. The van der Waals surface area contributed by atoms with Gasteiger partial charge >= 0.3 is 0 Å². The average molecular weight is 367 g/mol. The molecule has 142 valence electrons. The average Bonchev–Trinajstić information content (AvgIpc) is 3.31. The summed E-state index contributed by atoms with van der Waals surface area (Å²) in [7, 11) is 0. The summed E-state index contributed by atoms with van der Waals surface area (Å²) in [6.07, 6.45) is 4.05. The van der Waals surface area contributed by atoms with Gasteiger partial charge in [0.05, 0.1) is 23.6 Å². The van der Waals surface area contributed by atoms with Gasteiger partial charge in [-0.25, -0.2) is 0 Å². The molecule has 0 saturated carbocycles. The Hall–Kier alpha value is -2.51. The second-order valence-corrected chi connectivity index (χ2v) is 7.26. The molecule has 0 radical (unpaired) electrons. The first kappa shape index (κ1) is 17.9. The van der Waals surface area contributed by atoms with Gasteiger partial charge in [0.2, 0.25) is 0 Å². The maximum absolute atomic E-state index is 9.78. The van der Waals surface area contributed by atoms with Gasteiger partial charge < -0.3 is 9.63 Å². The van der Waals surface area contributed by atoms with E-state index in [-0.39, 0.29) is 6.61 Å². The summed E-state index contributed by atoms with van der Waals surface area (Å²) in [6, 6.07) is 6.06. The number of nitrogens with zero attached hydrogens (tertiary/aromatic N) is 4. The predicted octanol–water partition coefficient (Wildman–Crippen LogP) is 2.95. The van der Waals surface area contributed by atoms with Gasteiger partial charge in [0.25, 0.3) is 0 Å². The highest BCUT2D eigenvalue weighted by atomic mass is 16.5. The molecule has 4 heterocycles. The number of aliphatic hydroxyl groups excluding tert-OH is 1. The van der Waals surface area contributed by atoms with Crippen molar-refractivity contribution < 1.29 is 9.63 Å². The molecule has 1 aliphatic heterocycles. The van der Waals surface area contributed by atoms with E-state index in [2.05, 4.69) is 26.3 Å². The second-order valence-electron chi connectivity index (χ2n) is 7.26. The van der Waals surface area contributed by atoms with E-state index >= 15 is 0 Å². The molecule has 0 aliphatic carbocycles. The molecular formula is C20H25N5O2. The van der Waals surface area contributed by atoms with Gasteiger partial charge in [0.15, 0.2) is 0 Å². The largest absolute Gasteiger partial charge is 0.392 e. The molecule has 7 heteroatoms. The van der Waals surface area contributed by atoms with Crippen molar-refractivity contribution in [2.45, 2.75) is 45.8 Å². The molecule has 2 N–H and O–H groups in total. The van der Waals surface area contributed by atoms with Crippen molar-refractivity contribution in [3.63, 3.8) is 0 Å². The summed E-state index contributed by atoms with van der Waals surface area (Å²) >= 11 is 0. The van der Waals surface area contributed by atoms with E-state index in [1.807, 2.05) is 26.0 Å². The Morgan fingerprint density at radius 3 is 2.89 bits per heavy atom. The zero-order chi connectivity index (χ0) is 18.8. The Bertz CT molecular complexity index is 884. The van der Waals surface area contributed by atoms with Gasteiger partial charge in [-0.3, -0.25) is 15.0 Å². The van der Waals surface area contributed by atoms with Crippen LogP contribution in [0.25, 0.3) is 11.3 Å². The first-order chi connectivity index (χ1) is 13.2. The third-order valence-electron chi connectivity index (χ3n) is 5.32. The molecule has 0 spiro atoms. The van der Waals surface area contributed by atoms with Gasteiger partial charge in [-0.2, -0.15) is 5.10 Å². The molecule has 3 aromatic rings. The Kier molecular flexibility index (Phi) is 5.05. The lowest BCUT2D eigenvalue weighted by atomic mass is 9.93. The third kappa shape index (κ3) is 3.65. The van der Waals surface area contributed by atoms with E-state index in [0.717, 1.165) is 72.1 Å². The van der Waals surface area contributed by atoms with Gasteiger partial charge in [-0.05, 0) is 45.4 Å². The van der Waals surface area contributed by atoms with Gasteiger partial charge in [0.1, 0.15) is 5.76 Å². The van der Waals surface area contributed by atoms with Crippen LogP contribution in [0.1, 0.15) is 47.2 Å². The minimum absolute atomic E-state index is 0.0523. The first-order valence-corrected chi connectivity index (χ1v) is 9.40. The molecule has 0 bridgehead atoms. The van der Waals surface area contributed by atoms with E-state index in [0.29, 0.717) is 5.92 Å². The number of nitrogens with one attached hydrogen (secondary N) is 1. The minimum Gasteiger partial charge on any atom is -0.392 e. The second kappa shape index (κ2) is 7.62. The van der Waals surface area contributed by atoms with E-state index in [9.17, 15) is 5.11 Å². The van der Waals surface area contributed by atoms with Crippen molar-refractivity contribution in [1.29, 1.82) is 0 Å². The summed E-state index contributed by atoms with van der Waals surface area (Å²) in [6.45, 7) is 6.67. The molecule has 1 aliphatic rings. The van der Waals surface area contributed by atoms with Crippen LogP contribution in [0, 0.1) is 13.8 Å². The number of aliphatic hydroxyl groups is 1. The number of aromatic nitrogens is 4. The fraction of sp³-hybridized carbons (Fsp3) is 0.450. The Morgan fingerprint density at radius 2 is 2.19 bits per heavy atom. The zero-order valence-corrected chi connectivity index (χ0v) is 15.8. The molecule has 4 rings (SSSR count). The van der Waals surface area contributed by atoms with Gasteiger partial charge in [-0.15, -0.1) is 0 Å². The van der Waals surface area contributed by atoms with Crippen LogP contribution in [-0.2, 0) is 13.2 Å². The van der Waals surface area contributed by atoms with Crippen LogP contribution in [0.4, 0.5) is 0 Å². The summed E-state index contributed by atoms with van der Waals surface area (Å²) in [5.41, 5.74) is 5.49. The Balaban J connectivity index is 1.61. The van der Waals surface area contributed by atoms with Crippen LogP contribution in [-0.4, -0.2) is 43.4 Å². The maximum atomic E-state index is 9.78. The summed E-state index contributed by atoms with van der Waals surface area (Å²) < 4.78 is 5.32. The highest BCUT2D eigenvalue weighted by Gasteiger charge is 2.25. The van der Waals surface area contributed by atoms with Crippen molar-refractivity contribution in [3.05, 3.63) is 52.8 Å². The number of aryl methyl sites for hydroxylation is 2. The monoisotopic (exact) mass is 367 g/mol. The summed E-state index contributed by atoms with van der Waals surface area (Å²) in [5, 5.41) is 20.9. The number of piperidine rings is 1. The van der Waals surface area contributed by atoms with Crippen molar-refractivity contribution in [1.82, 2.24) is 25.2 Å². The molecule has 27 heavy (non-hydrogen) atoms. The molecule has 1 unspecified atom stereocenters. The lowest BCUT2D eigenvalue weighted by molar-refractivity contribution is 0.196. The molecule has 1 atom stereocenters. The number of H-pyrrole nitrogens is 1. The number of pyridine rings is 1. The van der Waals surface area contributed by atoms with E-state index in [4.69, 9.17) is 9.51 Å². The van der Waals surface area contributed by atoms with Crippen molar-refractivity contribution in [3.8, 4) is 11.3 Å². The van der Waals surface area contributed by atoms with E-state index in [1.54, 1.807) is 6.20 Å². The SMILES string of the molecule is Cc1noc(C)c1-c1nc(C2CCCN(Cc3ccn[nH]3)C2)ccc1CO. The van der Waals surface area contributed by atoms with Crippen molar-refractivity contribution >= 4 is 0 Å². The number of likely N-dealkylation sites (tertiary alicyclic amines) is 1. The Labute approximate surface area is 158 Å². The van der Waals surface area contributed by atoms with Crippen LogP contribution in [0.2, 0.25) is 0 Å². The fourth-order valence-electron chi connectivity index (χ4n) is 3.95. The smallest absolute Gasteiger partial charge is 0.143 e. The first-order valence-electron chi connectivity index (χ1n) is 9.40. The Morgan fingerprint density at radius 1 is 1.30 bits per heavy atom. The van der Waals surface area contributed by atoms with Crippen molar-refractivity contribution in [2.75, 3.05) is 13.1 Å². The van der Waals surface area contributed by atoms with Crippen LogP contribution in [0.15, 0.2) is 28.9 Å². The molecule has 1 saturated heterocycles. The van der Waals surface area contributed by atoms with E-state index < -0.39 is 0 Å². The number of rotatable bonds is 5. The number of hydrogen-bond acceptors (Lipinski definition) is 6. The molecular weight excluding hydrogens is 342 g/mol. The molecule has 0 amide bonds. The van der Waals surface area contributed by atoms with Gasteiger partial charge in [-0.1, -0.05) is 11.2 Å². The van der Waals surface area contributed by atoms with Crippen LogP contribution in [0.5, 0.6) is 0 Å². The predicted molar refractivity (Wildman–Crippen MR) is 101 cm³/mol. The minimum atomic E-state index is -0.0523. The lowest BCUT2D eigenvalue weighted by Gasteiger charge is -2.32. The number of aromatic amines is 1. The molecule has 7 nitrogen and oxygen atoms in total. The van der Waals surface area contributed by atoms with Gasteiger partial charge in [0, 0.05) is 42.2 Å². The maximum Gasteiger partial charge on any atom is 0.143 e. The summed E-state index contributed by atoms with van der Waals surface area (Å²) in [4.78, 5) is 7.40. The zero-order valence-electron chi connectivity index (χ0n) is 15.8.